The Bertz CT molecular complexity index is 1050. The normalized spacial score (nSPS) is 10.8. The van der Waals surface area contributed by atoms with Gasteiger partial charge in [-0.15, -0.1) is 0 Å². The maximum Gasteiger partial charge on any atom is 0.275 e. The minimum absolute atomic E-state index is 0.339. The summed E-state index contributed by atoms with van der Waals surface area (Å²) in [6, 6.07) is 20.6. The molecule has 5 nitrogen and oxygen atoms in total. The molecule has 30 heavy (non-hydrogen) atoms. The highest BCUT2D eigenvalue weighted by Crippen LogP contribution is 2.23. The topological polar surface area (TPSA) is 59.9 Å². The van der Waals surface area contributed by atoms with Crippen molar-refractivity contribution < 1.29 is 14.3 Å². The lowest BCUT2D eigenvalue weighted by Crippen LogP contribution is -2.18. The maximum absolute atomic E-state index is 12.4. The molecule has 0 fully saturated rings. The van der Waals surface area contributed by atoms with Crippen molar-refractivity contribution in [1.29, 1.82) is 0 Å². The molecule has 3 rings (SSSR count). The van der Waals surface area contributed by atoms with Crippen LogP contribution in [-0.4, -0.2) is 18.7 Å². The first-order chi connectivity index (χ1) is 14.6. The Hall–Kier alpha value is -2.64. The van der Waals surface area contributed by atoms with E-state index in [9.17, 15) is 4.79 Å². The average molecular weight is 532 g/mol. The summed E-state index contributed by atoms with van der Waals surface area (Å²) in [5.41, 5.74) is 4.81. The number of ether oxygens (including phenoxy) is 2. The van der Waals surface area contributed by atoms with Crippen molar-refractivity contribution in [1.82, 2.24) is 5.43 Å². The summed E-state index contributed by atoms with van der Waals surface area (Å²) in [5, 5.41) is 4.08. The van der Waals surface area contributed by atoms with E-state index in [-0.39, 0.29) is 5.91 Å². The lowest BCUT2D eigenvalue weighted by atomic mass is 10.2. The van der Waals surface area contributed by atoms with Crippen LogP contribution < -0.4 is 14.9 Å². The maximum atomic E-state index is 12.4. The van der Waals surface area contributed by atoms with Gasteiger partial charge in [0.15, 0.2) is 0 Å². The van der Waals surface area contributed by atoms with Crippen LogP contribution in [0.3, 0.4) is 0 Å². The number of benzene rings is 3. The van der Waals surface area contributed by atoms with E-state index >= 15 is 0 Å². The number of hydrazone groups is 1. The number of hydrogen-bond acceptors (Lipinski definition) is 4. The van der Waals surface area contributed by atoms with Gasteiger partial charge in [0.2, 0.25) is 0 Å². The standard InChI is InChI=1S/C23H20Br2N2O3/c1-2-29-22-9-4-3-8-20(22)23(28)27-26-14-17-13-19(10-11-21(17)25)30-15-16-6-5-7-18(24)12-16/h3-14H,2,15H2,1H3,(H,27,28)/b26-14-. The van der Waals surface area contributed by atoms with Crippen LogP contribution in [0.4, 0.5) is 0 Å². The first-order valence-corrected chi connectivity index (χ1v) is 10.9. The van der Waals surface area contributed by atoms with Crippen LogP contribution in [0.5, 0.6) is 11.5 Å². The van der Waals surface area contributed by atoms with Crippen LogP contribution in [0, 0.1) is 0 Å². The van der Waals surface area contributed by atoms with Gasteiger partial charge >= 0.3 is 0 Å². The van der Waals surface area contributed by atoms with Gasteiger partial charge in [0.25, 0.3) is 5.91 Å². The minimum Gasteiger partial charge on any atom is -0.493 e. The smallest absolute Gasteiger partial charge is 0.275 e. The van der Waals surface area contributed by atoms with E-state index in [0.29, 0.717) is 30.3 Å². The molecular formula is C23H20Br2N2O3. The number of nitrogens with zero attached hydrogens (tertiary/aromatic N) is 1. The molecule has 3 aromatic carbocycles. The van der Waals surface area contributed by atoms with E-state index in [1.165, 1.54) is 0 Å². The predicted octanol–water partition coefficient (Wildman–Crippen LogP) is 5.95. The highest BCUT2D eigenvalue weighted by Gasteiger charge is 2.11. The van der Waals surface area contributed by atoms with Gasteiger partial charge in [-0.25, -0.2) is 5.43 Å². The van der Waals surface area contributed by atoms with Crippen molar-refractivity contribution >= 4 is 44.0 Å². The first kappa shape index (κ1) is 22.1. The number of amides is 1. The van der Waals surface area contributed by atoms with E-state index < -0.39 is 0 Å². The van der Waals surface area contributed by atoms with Gasteiger partial charge in [-0.1, -0.05) is 56.1 Å². The molecule has 1 amide bonds. The Morgan fingerprint density at radius 2 is 1.87 bits per heavy atom. The number of rotatable bonds is 8. The number of carbonyl (C=O) groups excluding carboxylic acids is 1. The lowest BCUT2D eigenvalue weighted by molar-refractivity contribution is 0.0951. The summed E-state index contributed by atoms with van der Waals surface area (Å²) >= 11 is 6.95. The van der Waals surface area contributed by atoms with Crippen molar-refractivity contribution in [2.24, 2.45) is 5.10 Å². The van der Waals surface area contributed by atoms with E-state index in [0.717, 1.165) is 20.1 Å². The van der Waals surface area contributed by atoms with Crippen molar-refractivity contribution in [2.45, 2.75) is 13.5 Å². The second-order valence-corrected chi connectivity index (χ2v) is 8.00. The molecule has 0 aromatic heterocycles. The van der Waals surface area contributed by atoms with E-state index in [1.54, 1.807) is 24.4 Å². The molecule has 0 aliphatic carbocycles. The fraction of sp³-hybridized carbons (Fsp3) is 0.130. The van der Waals surface area contributed by atoms with Crippen molar-refractivity contribution in [3.05, 3.63) is 92.4 Å². The fourth-order valence-corrected chi connectivity index (χ4v) is 3.46. The van der Waals surface area contributed by atoms with Crippen LogP contribution in [0.2, 0.25) is 0 Å². The molecule has 0 heterocycles. The SMILES string of the molecule is CCOc1ccccc1C(=O)N/N=C\c1cc(OCc2cccc(Br)c2)ccc1Br. The second kappa shape index (κ2) is 10.9. The molecule has 0 radical (unpaired) electrons. The zero-order valence-electron chi connectivity index (χ0n) is 16.3. The Kier molecular flexibility index (Phi) is 8.04. The molecule has 0 aliphatic heterocycles. The van der Waals surface area contributed by atoms with Gasteiger partial charge in [0, 0.05) is 14.5 Å². The summed E-state index contributed by atoms with van der Waals surface area (Å²) in [6.07, 6.45) is 1.57. The molecule has 3 aromatic rings. The molecule has 0 atom stereocenters. The molecule has 0 bridgehead atoms. The number of halogens is 2. The Morgan fingerprint density at radius 1 is 1.03 bits per heavy atom. The molecule has 0 aliphatic rings. The molecule has 0 saturated carbocycles. The third-order valence-corrected chi connectivity index (χ3v) is 5.28. The van der Waals surface area contributed by atoms with Crippen molar-refractivity contribution in [2.75, 3.05) is 6.61 Å². The van der Waals surface area contributed by atoms with Gasteiger partial charge < -0.3 is 9.47 Å². The predicted molar refractivity (Wildman–Crippen MR) is 125 cm³/mol. The zero-order valence-corrected chi connectivity index (χ0v) is 19.4. The Balaban J connectivity index is 1.65. The van der Waals surface area contributed by atoms with E-state index in [2.05, 4.69) is 42.4 Å². The first-order valence-electron chi connectivity index (χ1n) is 9.29. The molecule has 1 N–H and O–H groups in total. The van der Waals surface area contributed by atoms with Crippen molar-refractivity contribution in [3.63, 3.8) is 0 Å². The van der Waals surface area contributed by atoms with Crippen LogP contribution in [0.15, 0.2) is 80.8 Å². The number of carbonyl (C=O) groups is 1. The third kappa shape index (κ3) is 6.18. The summed E-state index contributed by atoms with van der Waals surface area (Å²) in [7, 11) is 0. The van der Waals surface area contributed by atoms with E-state index in [4.69, 9.17) is 9.47 Å². The summed E-state index contributed by atoms with van der Waals surface area (Å²) in [4.78, 5) is 12.4. The quantitative estimate of drug-likeness (QED) is 0.288. The van der Waals surface area contributed by atoms with Crippen LogP contribution in [0.25, 0.3) is 0 Å². The van der Waals surface area contributed by atoms with Gasteiger partial charge in [-0.2, -0.15) is 5.10 Å². The fourth-order valence-electron chi connectivity index (χ4n) is 2.66. The van der Waals surface area contributed by atoms with Crippen molar-refractivity contribution in [3.8, 4) is 11.5 Å². The third-order valence-electron chi connectivity index (χ3n) is 4.06. The highest BCUT2D eigenvalue weighted by molar-refractivity contribution is 9.10. The molecule has 0 saturated heterocycles. The van der Waals surface area contributed by atoms with E-state index in [1.807, 2.05) is 55.5 Å². The highest BCUT2D eigenvalue weighted by atomic mass is 79.9. The van der Waals surface area contributed by atoms with Gasteiger partial charge in [0.1, 0.15) is 18.1 Å². The Morgan fingerprint density at radius 3 is 2.67 bits per heavy atom. The van der Waals surface area contributed by atoms with Crippen LogP contribution >= 0.6 is 31.9 Å². The Labute approximate surface area is 192 Å². The monoisotopic (exact) mass is 530 g/mol. The van der Waals surface area contributed by atoms with Gasteiger partial charge in [0.05, 0.1) is 18.4 Å². The number of para-hydroxylation sites is 1. The molecular weight excluding hydrogens is 512 g/mol. The van der Waals surface area contributed by atoms with Gasteiger partial charge in [-0.05, 0) is 55.0 Å². The molecule has 7 heteroatoms. The molecule has 154 valence electrons. The summed E-state index contributed by atoms with van der Waals surface area (Å²) in [5.74, 6) is 0.887. The number of hydrogen-bond donors (Lipinski definition) is 1. The molecule has 0 spiro atoms. The number of nitrogens with one attached hydrogen (secondary N) is 1. The van der Waals surface area contributed by atoms with Crippen LogP contribution in [0.1, 0.15) is 28.4 Å². The summed E-state index contributed by atoms with van der Waals surface area (Å²) < 4.78 is 13.2. The largest absolute Gasteiger partial charge is 0.493 e. The van der Waals surface area contributed by atoms with Crippen LogP contribution in [-0.2, 0) is 6.61 Å². The minimum atomic E-state index is -0.339. The summed E-state index contributed by atoms with van der Waals surface area (Å²) in [6.45, 7) is 2.80. The zero-order chi connectivity index (χ0) is 21.3. The van der Waals surface area contributed by atoms with Gasteiger partial charge in [-0.3, -0.25) is 4.79 Å². The lowest BCUT2D eigenvalue weighted by Gasteiger charge is -2.09. The average Bonchev–Trinajstić information content (AvgIpc) is 2.74. The molecule has 0 unspecified atom stereocenters. The second-order valence-electron chi connectivity index (χ2n) is 6.23.